The fourth-order valence-corrected chi connectivity index (χ4v) is 6.71. The van der Waals surface area contributed by atoms with Crippen molar-refractivity contribution in [2.45, 2.75) is 45.6 Å². The van der Waals surface area contributed by atoms with Crippen LogP contribution in [0.25, 0.3) is 10.9 Å². The van der Waals surface area contributed by atoms with Gasteiger partial charge in [-0.2, -0.15) is 12.7 Å². The van der Waals surface area contributed by atoms with Gasteiger partial charge in [-0.3, -0.25) is 14.3 Å². The zero-order chi connectivity index (χ0) is 23.9. The van der Waals surface area contributed by atoms with Crippen LogP contribution < -0.4 is 10.5 Å². The third kappa shape index (κ3) is 4.94. The number of hydrogen-bond acceptors (Lipinski definition) is 4. The van der Waals surface area contributed by atoms with Crippen molar-refractivity contribution in [2.75, 3.05) is 24.4 Å². The summed E-state index contributed by atoms with van der Waals surface area (Å²) in [5, 5.41) is 1.38. The highest BCUT2D eigenvalue weighted by Gasteiger charge is 2.35. The molecule has 1 atom stereocenters. The molecule has 12 heteroatoms. The Morgan fingerprint density at radius 1 is 1.30 bits per heavy atom. The van der Waals surface area contributed by atoms with E-state index in [0.29, 0.717) is 64.8 Å². The number of rotatable bonds is 6. The number of anilines is 1. The average Bonchev–Trinajstić information content (AvgIpc) is 3.06. The van der Waals surface area contributed by atoms with Gasteiger partial charge in [0.25, 0.3) is 0 Å². The number of carbonyl (C=O) groups excluding carboxylic acids is 2. The first-order chi connectivity index (χ1) is 15.6. The predicted octanol–water partition coefficient (Wildman–Crippen LogP) is 3.01. The molecule has 2 amide bonds. The minimum atomic E-state index is -3.80. The van der Waals surface area contributed by atoms with Crippen LogP contribution in [-0.4, -0.2) is 54.1 Å². The van der Waals surface area contributed by atoms with Crippen LogP contribution in [0.3, 0.4) is 0 Å². The summed E-state index contributed by atoms with van der Waals surface area (Å²) in [6, 6.07) is 1.74. The van der Waals surface area contributed by atoms with Crippen LogP contribution in [0.1, 0.15) is 43.9 Å². The summed E-state index contributed by atoms with van der Waals surface area (Å²) in [7, 11) is -3.80. The van der Waals surface area contributed by atoms with Crippen molar-refractivity contribution in [1.29, 1.82) is 0 Å². The summed E-state index contributed by atoms with van der Waals surface area (Å²) in [6.07, 6.45) is 2.94. The topological polar surface area (TPSA) is 129 Å². The van der Waals surface area contributed by atoms with Gasteiger partial charge in [0.15, 0.2) is 0 Å². The number of fused-ring (bicyclic) bond motifs is 3. The molecule has 0 aliphatic carbocycles. The molecule has 2 aliphatic heterocycles. The van der Waals surface area contributed by atoms with E-state index in [2.05, 4.69) is 9.71 Å². The Morgan fingerprint density at radius 3 is 2.76 bits per heavy atom. The van der Waals surface area contributed by atoms with E-state index in [4.69, 9.17) is 28.9 Å². The van der Waals surface area contributed by atoms with Crippen molar-refractivity contribution < 1.29 is 18.0 Å². The SMILES string of the molecule is CC(=O)N1CCCC(CN2Cc3cc(Cl)c4c(Cl)c(CCCC(N)=O)[nH]c4c3NS2(=O)=O)C1. The Hall–Kier alpha value is -2.01. The number of primary amides is 1. The number of nitrogens with two attached hydrogens (primary N) is 1. The third-order valence-corrected chi connectivity index (χ3v) is 8.45. The van der Waals surface area contributed by atoms with E-state index in [1.54, 1.807) is 11.0 Å². The summed E-state index contributed by atoms with van der Waals surface area (Å²) in [6.45, 7) is 3.29. The number of aromatic nitrogens is 1. The standard InChI is InChI=1S/C21H27Cl2N5O4S/c1-12(29)27-7-3-4-13(9-27)10-28-11-14-8-15(22)18-19(23)16(5-2-6-17(24)30)25-21(18)20(14)26-33(28,31)32/h8,13,25-26H,2-7,9-11H2,1H3,(H2,24,30). The lowest BCUT2D eigenvalue weighted by Crippen LogP contribution is -2.46. The van der Waals surface area contributed by atoms with Crippen molar-refractivity contribution in [3.8, 4) is 0 Å². The number of H-pyrrole nitrogens is 1. The van der Waals surface area contributed by atoms with E-state index >= 15 is 0 Å². The molecule has 1 aromatic heterocycles. The van der Waals surface area contributed by atoms with Gasteiger partial charge in [-0.15, -0.1) is 0 Å². The Kier molecular flexibility index (Phi) is 6.82. The molecular formula is C21H27Cl2N5O4S. The molecule has 4 N–H and O–H groups in total. The first-order valence-electron chi connectivity index (χ1n) is 10.9. The van der Waals surface area contributed by atoms with Crippen molar-refractivity contribution in [3.63, 3.8) is 0 Å². The molecule has 3 heterocycles. The molecule has 1 saturated heterocycles. The number of nitrogens with one attached hydrogen (secondary N) is 2. The monoisotopic (exact) mass is 515 g/mol. The second-order valence-corrected chi connectivity index (χ2v) is 11.2. The predicted molar refractivity (Wildman–Crippen MR) is 128 cm³/mol. The molecular weight excluding hydrogens is 489 g/mol. The second-order valence-electron chi connectivity index (χ2n) is 8.75. The average molecular weight is 516 g/mol. The number of piperidine rings is 1. The maximum Gasteiger partial charge on any atom is 0.302 e. The summed E-state index contributed by atoms with van der Waals surface area (Å²) in [4.78, 5) is 27.8. The fraction of sp³-hybridized carbons (Fsp3) is 0.524. The Balaban J connectivity index is 1.61. The first kappa shape index (κ1) is 24.1. The van der Waals surface area contributed by atoms with Crippen LogP contribution in [0.4, 0.5) is 5.69 Å². The summed E-state index contributed by atoms with van der Waals surface area (Å²) in [5.41, 5.74) is 7.59. The summed E-state index contributed by atoms with van der Waals surface area (Å²) >= 11 is 13.1. The van der Waals surface area contributed by atoms with E-state index in [1.165, 1.54) is 11.2 Å². The number of nitrogens with zero attached hydrogens (tertiary/aromatic N) is 2. The molecule has 180 valence electrons. The van der Waals surface area contributed by atoms with Crippen molar-refractivity contribution in [1.82, 2.24) is 14.2 Å². The quantitative estimate of drug-likeness (QED) is 0.545. The second kappa shape index (κ2) is 9.32. The lowest BCUT2D eigenvalue weighted by Gasteiger charge is -2.36. The zero-order valence-electron chi connectivity index (χ0n) is 18.3. The van der Waals surface area contributed by atoms with Gasteiger partial charge in [-0.25, -0.2) is 0 Å². The summed E-state index contributed by atoms with van der Waals surface area (Å²) in [5.74, 6) is -0.319. The van der Waals surface area contributed by atoms with Gasteiger partial charge in [0, 0.05) is 50.6 Å². The lowest BCUT2D eigenvalue weighted by molar-refractivity contribution is -0.130. The zero-order valence-corrected chi connectivity index (χ0v) is 20.6. The normalized spacial score (nSPS) is 20.5. The molecule has 0 radical (unpaired) electrons. The maximum atomic E-state index is 13.1. The molecule has 0 spiro atoms. The van der Waals surface area contributed by atoms with Gasteiger partial charge in [0.05, 0.1) is 21.2 Å². The first-order valence-corrected chi connectivity index (χ1v) is 13.1. The number of aryl methyl sites for hydroxylation is 1. The third-order valence-electron chi connectivity index (χ3n) is 6.31. The highest BCUT2D eigenvalue weighted by atomic mass is 35.5. The lowest BCUT2D eigenvalue weighted by atomic mass is 9.97. The molecule has 1 aromatic carbocycles. The molecule has 33 heavy (non-hydrogen) atoms. The number of benzene rings is 1. The van der Waals surface area contributed by atoms with Crippen LogP contribution in [0, 0.1) is 5.92 Å². The van der Waals surface area contributed by atoms with Crippen molar-refractivity contribution in [3.05, 3.63) is 27.4 Å². The molecule has 9 nitrogen and oxygen atoms in total. The number of amides is 2. The highest BCUT2D eigenvalue weighted by Crippen LogP contribution is 2.42. The van der Waals surface area contributed by atoms with E-state index in [-0.39, 0.29) is 24.8 Å². The fourth-order valence-electron chi connectivity index (χ4n) is 4.67. The van der Waals surface area contributed by atoms with Crippen molar-refractivity contribution in [2.24, 2.45) is 11.7 Å². The van der Waals surface area contributed by atoms with Crippen LogP contribution in [-0.2, 0) is 32.8 Å². The number of hydrogen-bond donors (Lipinski definition) is 3. The largest absolute Gasteiger partial charge is 0.370 e. The molecule has 4 rings (SSSR count). The number of aromatic amines is 1. The minimum absolute atomic E-state index is 0.00843. The van der Waals surface area contributed by atoms with E-state index in [9.17, 15) is 18.0 Å². The van der Waals surface area contributed by atoms with Crippen LogP contribution >= 0.6 is 23.2 Å². The number of carbonyl (C=O) groups is 2. The van der Waals surface area contributed by atoms with Gasteiger partial charge < -0.3 is 15.6 Å². The van der Waals surface area contributed by atoms with Gasteiger partial charge in [-0.05, 0) is 43.2 Å². The van der Waals surface area contributed by atoms with E-state index in [0.717, 1.165) is 18.4 Å². The smallest absolute Gasteiger partial charge is 0.302 e. The van der Waals surface area contributed by atoms with Crippen LogP contribution in [0.2, 0.25) is 10.0 Å². The van der Waals surface area contributed by atoms with Crippen LogP contribution in [0.15, 0.2) is 6.07 Å². The van der Waals surface area contributed by atoms with Gasteiger partial charge in [0.1, 0.15) is 0 Å². The molecule has 0 bridgehead atoms. The number of halogens is 2. The van der Waals surface area contributed by atoms with Gasteiger partial charge >= 0.3 is 10.2 Å². The Bertz CT molecular complexity index is 1210. The Labute approximate surface area is 202 Å². The molecule has 1 unspecified atom stereocenters. The van der Waals surface area contributed by atoms with Crippen LogP contribution in [0.5, 0.6) is 0 Å². The van der Waals surface area contributed by atoms with Crippen molar-refractivity contribution >= 4 is 61.8 Å². The summed E-state index contributed by atoms with van der Waals surface area (Å²) < 4.78 is 30.3. The maximum absolute atomic E-state index is 13.1. The van der Waals surface area contributed by atoms with E-state index < -0.39 is 16.1 Å². The van der Waals surface area contributed by atoms with Gasteiger partial charge in [-0.1, -0.05) is 23.2 Å². The molecule has 2 aromatic rings. The molecule has 1 fully saturated rings. The molecule has 0 saturated carbocycles. The Morgan fingerprint density at radius 2 is 2.06 bits per heavy atom. The number of likely N-dealkylation sites (tertiary alicyclic amines) is 1. The highest BCUT2D eigenvalue weighted by molar-refractivity contribution is 7.90. The van der Waals surface area contributed by atoms with Gasteiger partial charge in [0.2, 0.25) is 11.8 Å². The molecule has 2 aliphatic rings. The van der Waals surface area contributed by atoms with E-state index in [1.807, 2.05) is 0 Å². The minimum Gasteiger partial charge on any atom is -0.370 e.